The van der Waals surface area contributed by atoms with Gasteiger partial charge in [0.2, 0.25) is 0 Å². The van der Waals surface area contributed by atoms with E-state index in [4.69, 9.17) is 4.74 Å². The minimum absolute atomic E-state index is 0.371. The Morgan fingerprint density at radius 1 is 1.33 bits per heavy atom. The third-order valence-corrected chi connectivity index (χ3v) is 2.09. The summed E-state index contributed by atoms with van der Waals surface area (Å²) in [5, 5.41) is 9.47. The maximum atomic E-state index is 10.9. The van der Waals surface area contributed by atoms with Crippen LogP contribution in [0.25, 0.3) is 0 Å². The number of rotatable bonds is 8. The Morgan fingerprint density at radius 3 is 2.67 bits per heavy atom. The van der Waals surface area contributed by atoms with Gasteiger partial charge in [-0.2, -0.15) is 0 Å². The molecule has 0 heterocycles. The molecular weight excluding hydrogens is 192 g/mol. The second-order valence-corrected chi connectivity index (χ2v) is 3.53. The molecule has 15 heavy (non-hydrogen) atoms. The summed E-state index contributed by atoms with van der Waals surface area (Å²) >= 11 is 0. The quantitative estimate of drug-likeness (QED) is 0.383. The SMILES string of the molecule is CCCCCCC(O)/C=C/C(=O)OCC. The molecule has 1 unspecified atom stereocenters. The zero-order valence-electron chi connectivity index (χ0n) is 9.74. The average molecular weight is 214 g/mol. The molecule has 0 aliphatic rings. The molecule has 0 spiro atoms. The largest absolute Gasteiger partial charge is 0.463 e. The third kappa shape index (κ3) is 9.47. The molecule has 0 amide bonds. The lowest BCUT2D eigenvalue weighted by Crippen LogP contribution is -2.05. The topological polar surface area (TPSA) is 46.5 Å². The molecule has 1 N–H and O–H groups in total. The Hall–Kier alpha value is -0.830. The summed E-state index contributed by atoms with van der Waals surface area (Å²) < 4.78 is 4.70. The number of esters is 1. The van der Waals surface area contributed by atoms with E-state index in [9.17, 15) is 9.90 Å². The maximum Gasteiger partial charge on any atom is 0.330 e. The smallest absolute Gasteiger partial charge is 0.330 e. The number of hydrogen-bond acceptors (Lipinski definition) is 3. The highest BCUT2D eigenvalue weighted by Crippen LogP contribution is 2.06. The van der Waals surface area contributed by atoms with Gasteiger partial charge in [0.15, 0.2) is 0 Å². The van der Waals surface area contributed by atoms with Crippen molar-refractivity contribution in [2.24, 2.45) is 0 Å². The Balaban J connectivity index is 3.54. The molecule has 0 fully saturated rings. The third-order valence-electron chi connectivity index (χ3n) is 2.09. The van der Waals surface area contributed by atoms with Crippen LogP contribution >= 0.6 is 0 Å². The summed E-state index contributed by atoms with van der Waals surface area (Å²) in [5.74, 6) is -0.384. The molecule has 0 aliphatic carbocycles. The van der Waals surface area contributed by atoms with Gasteiger partial charge >= 0.3 is 5.97 Å². The van der Waals surface area contributed by atoms with Crippen molar-refractivity contribution in [1.29, 1.82) is 0 Å². The van der Waals surface area contributed by atoms with E-state index in [1.54, 1.807) is 6.92 Å². The standard InChI is InChI=1S/C12H22O3/c1-3-5-6-7-8-11(13)9-10-12(14)15-4-2/h9-11,13H,3-8H2,1-2H3/b10-9+. The molecule has 0 aromatic carbocycles. The first kappa shape index (κ1) is 14.2. The summed E-state index contributed by atoms with van der Waals surface area (Å²) in [5.41, 5.74) is 0. The fourth-order valence-electron chi connectivity index (χ4n) is 1.26. The zero-order chi connectivity index (χ0) is 11.5. The lowest BCUT2D eigenvalue weighted by molar-refractivity contribution is -0.137. The van der Waals surface area contributed by atoms with Gasteiger partial charge in [-0.1, -0.05) is 32.6 Å². The summed E-state index contributed by atoms with van der Waals surface area (Å²) in [6.45, 7) is 4.28. The Kier molecular flexibility index (Phi) is 9.18. The first-order chi connectivity index (χ1) is 7.20. The second-order valence-electron chi connectivity index (χ2n) is 3.53. The molecule has 0 saturated carbocycles. The predicted octanol–water partition coefficient (Wildman–Crippen LogP) is 2.44. The monoisotopic (exact) mass is 214 g/mol. The van der Waals surface area contributed by atoms with Crippen molar-refractivity contribution in [3.05, 3.63) is 12.2 Å². The van der Waals surface area contributed by atoms with E-state index in [0.717, 1.165) is 19.3 Å². The van der Waals surface area contributed by atoms with Crippen LogP contribution in [0.1, 0.15) is 46.0 Å². The van der Waals surface area contributed by atoms with Crippen LogP contribution < -0.4 is 0 Å². The fourth-order valence-corrected chi connectivity index (χ4v) is 1.26. The molecule has 0 aliphatic heterocycles. The maximum absolute atomic E-state index is 10.9. The van der Waals surface area contributed by atoms with Gasteiger partial charge in [-0.3, -0.25) is 0 Å². The molecule has 3 heteroatoms. The highest BCUT2D eigenvalue weighted by Gasteiger charge is 2.00. The molecule has 0 aromatic rings. The molecule has 88 valence electrons. The minimum atomic E-state index is -0.522. The number of carbonyl (C=O) groups is 1. The van der Waals surface area contributed by atoms with Crippen molar-refractivity contribution in [3.63, 3.8) is 0 Å². The summed E-state index contributed by atoms with van der Waals surface area (Å²) in [6.07, 6.45) is 7.53. The second kappa shape index (κ2) is 9.71. The van der Waals surface area contributed by atoms with Crippen molar-refractivity contribution >= 4 is 5.97 Å². The molecular formula is C12H22O3. The van der Waals surface area contributed by atoms with E-state index in [1.807, 2.05) is 0 Å². The molecule has 0 radical (unpaired) electrons. The van der Waals surface area contributed by atoms with Crippen molar-refractivity contribution in [2.45, 2.75) is 52.1 Å². The van der Waals surface area contributed by atoms with Crippen LogP contribution in [0.2, 0.25) is 0 Å². The van der Waals surface area contributed by atoms with E-state index in [2.05, 4.69) is 6.92 Å². The summed E-state index contributed by atoms with van der Waals surface area (Å²) in [4.78, 5) is 10.9. The van der Waals surface area contributed by atoms with Crippen LogP contribution in [0.15, 0.2) is 12.2 Å². The van der Waals surface area contributed by atoms with E-state index < -0.39 is 6.10 Å². The predicted molar refractivity (Wildman–Crippen MR) is 60.5 cm³/mol. The van der Waals surface area contributed by atoms with Crippen LogP contribution in [0.5, 0.6) is 0 Å². The number of carbonyl (C=O) groups excluding carboxylic acids is 1. The first-order valence-electron chi connectivity index (χ1n) is 5.73. The molecule has 0 bridgehead atoms. The molecule has 0 aromatic heterocycles. The summed E-state index contributed by atoms with van der Waals surface area (Å²) in [6, 6.07) is 0. The Labute approximate surface area is 92.1 Å². The zero-order valence-corrected chi connectivity index (χ0v) is 9.74. The van der Waals surface area contributed by atoms with Gasteiger partial charge in [-0.05, 0) is 19.4 Å². The van der Waals surface area contributed by atoms with Gasteiger partial charge in [0, 0.05) is 6.08 Å². The van der Waals surface area contributed by atoms with Crippen LogP contribution in [0.3, 0.4) is 0 Å². The molecule has 1 atom stereocenters. The summed E-state index contributed by atoms with van der Waals surface area (Å²) in [7, 11) is 0. The van der Waals surface area contributed by atoms with Gasteiger partial charge in [0.05, 0.1) is 12.7 Å². The van der Waals surface area contributed by atoms with E-state index in [0.29, 0.717) is 6.61 Å². The number of hydrogen-bond donors (Lipinski definition) is 1. The lowest BCUT2D eigenvalue weighted by Gasteiger charge is -2.04. The number of aliphatic hydroxyl groups is 1. The average Bonchev–Trinajstić information content (AvgIpc) is 2.22. The van der Waals surface area contributed by atoms with Crippen molar-refractivity contribution in [1.82, 2.24) is 0 Å². The number of unbranched alkanes of at least 4 members (excludes halogenated alkanes) is 3. The van der Waals surface area contributed by atoms with Gasteiger partial charge in [0.25, 0.3) is 0 Å². The van der Waals surface area contributed by atoms with Crippen molar-refractivity contribution < 1.29 is 14.6 Å². The van der Waals surface area contributed by atoms with Gasteiger partial charge < -0.3 is 9.84 Å². The molecule has 0 rings (SSSR count). The van der Waals surface area contributed by atoms with Gasteiger partial charge in [0.1, 0.15) is 0 Å². The van der Waals surface area contributed by atoms with Gasteiger partial charge in [-0.15, -0.1) is 0 Å². The van der Waals surface area contributed by atoms with E-state index in [1.165, 1.54) is 25.0 Å². The lowest BCUT2D eigenvalue weighted by atomic mass is 10.1. The van der Waals surface area contributed by atoms with Crippen LogP contribution in [-0.2, 0) is 9.53 Å². The molecule has 0 saturated heterocycles. The van der Waals surface area contributed by atoms with Crippen LogP contribution in [0.4, 0.5) is 0 Å². The highest BCUT2D eigenvalue weighted by atomic mass is 16.5. The highest BCUT2D eigenvalue weighted by molar-refractivity contribution is 5.81. The van der Waals surface area contributed by atoms with Crippen LogP contribution in [0, 0.1) is 0 Å². The first-order valence-corrected chi connectivity index (χ1v) is 5.73. The van der Waals surface area contributed by atoms with E-state index >= 15 is 0 Å². The Bertz CT molecular complexity index is 187. The normalized spacial score (nSPS) is 13.0. The van der Waals surface area contributed by atoms with Crippen LogP contribution in [-0.4, -0.2) is 23.8 Å². The van der Waals surface area contributed by atoms with Crippen molar-refractivity contribution in [3.8, 4) is 0 Å². The van der Waals surface area contributed by atoms with E-state index in [-0.39, 0.29) is 5.97 Å². The number of ether oxygens (including phenoxy) is 1. The molecule has 3 nitrogen and oxygen atoms in total. The van der Waals surface area contributed by atoms with Crippen molar-refractivity contribution in [2.75, 3.05) is 6.61 Å². The minimum Gasteiger partial charge on any atom is -0.463 e. The number of aliphatic hydroxyl groups excluding tert-OH is 1. The fraction of sp³-hybridized carbons (Fsp3) is 0.750. The Morgan fingerprint density at radius 2 is 2.07 bits per heavy atom. The van der Waals surface area contributed by atoms with Gasteiger partial charge in [-0.25, -0.2) is 4.79 Å².